The van der Waals surface area contributed by atoms with Gasteiger partial charge in [0.1, 0.15) is 5.75 Å². The second-order valence-corrected chi connectivity index (χ2v) is 5.99. The molecule has 1 aliphatic heterocycles. The Bertz CT molecular complexity index is 586. The van der Waals surface area contributed by atoms with E-state index in [4.69, 9.17) is 16.3 Å². The molecule has 1 aromatic carbocycles. The summed E-state index contributed by atoms with van der Waals surface area (Å²) in [5, 5.41) is 3.39. The molecule has 0 spiro atoms. The van der Waals surface area contributed by atoms with E-state index in [9.17, 15) is 9.59 Å². The number of amides is 2. The molecule has 126 valence electrons. The smallest absolute Gasteiger partial charge is 0.241 e. The molecule has 1 N–H and O–H groups in total. The zero-order valence-corrected chi connectivity index (χ0v) is 14.4. The Morgan fingerprint density at radius 1 is 1.26 bits per heavy atom. The predicted molar refractivity (Wildman–Crippen MR) is 89.9 cm³/mol. The van der Waals surface area contributed by atoms with Crippen LogP contribution in [0.4, 0.5) is 5.69 Å². The van der Waals surface area contributed by atoms with Gasteiger partial charge in [-0.1, -0.05) is 11.6 Å². The largest absolute Gasteiger partial charge is 0.495 e. The third kappa shape index (κ3) is 4.36. The molecule has 1 atom stereocenters. The molecule has 0 radical (unpaired) electrons. The van der Waals surface area contributed by atoms with Crippen molar-refractivity contribution >= 4 is 29.1 Å². The average molecular weight is 340 g/mol. The summed E-state index contributed by atoms with van der Waals surface area (Å²) in [5.74, 6) is 0.517. The van der Waals surface area contributed by atoms with Gasteiger partial charge in [0.2, 0.25) is 11.8 Å². The standard InChI is InChI=1S/C16H22ClN3O3/c1-11(19-6-8-20(9-7-19)12(2)21)16(22)18-14-10-13(17)4-5-15(14)23-3/h4-5,10-11H,6-9H2,1-3H3,(H,18,22)/t11-/m0/s1. The van der Waals surface area contributed by atoms with Crippen molar-refractivity contribution in [1.82, 2.24) is 9.80 Å². The van der Waals surface area contributed by atoms with Crippen molar-refractivity contribution in [2.24, 2.45) is 0 Å². The fourth-order valence-corrected chi connectivity index (χ4v) is 2.78. The van der Waals surface area contributed by atoms with Crippen molar-refractivity contribution in [2.45, 2.75) is 19.9 Å². The zero-order valence-electron chi connectivity index (χ0n) is 13.6. The Hall–Kier alpha value is -1.79. The van der Waals surface area contributed by atoms with Crippen LogP contribution in [0.1, 0.15) is 13.8 Å². The van der Waals surface area contributed by atoms with E-state index in [-0.39, 0.29) is 17.9 Å². The van der Waals surface area contributed by atoms with Crippen LogP contribution < -0.4 is 10.1 Å². The summed E-state index contributed by atoms with van der Waals surface area (Å²) in [6.07, 6.45) is 0. The van der Waals surface area contributed by atoms with Crippen molar-refractivity contribution < 1.29 is 14.3 Å². The molecule has 1 aromatic rings. The van der Waals surface area contributed by atoms with Crippen LogP contribution in [-0.4, -0.2) is 60.9 Å². The first-order chi connectivity index (χ1) is 10.9. The molecule has 0 aromatic heterocycles. The van der Waals surface area contributed by atoms with Crippen LogP contribution in [0.3, 0.4) is 0 Å². The molecular weight excluding hydrogens is 318 g/mol. The third-order valence-corrected chi connectivity index (χ3v) is 4.34. The van der Waals surface area contributed by atoms with E-state index in [1.54, 1.807) is 37.1 Å². The lowest BCUT2D eigenvalue weighted by Crippen LogP contribution is -2.53. The number of anilines is 1. The minimum Gasteiger partial charge on any atom is -0.495 e. The molecule has 23 heavy (non-hydrogen) atoms. The van der Waals surface area contributed by atoms with E-state index in [1.165, 1.54) is 0 Å². The van der Waals surface area contributed by atoms with Crippen molar-refractivity contribution in [1.29, 1.82) is 0 Å². The van der Waals surface area contributed by atoms with Gasteiger partial charge in [-0.25, -0.2) is 0 Å². The number of piperazine rings is 1. The van der Waals surface area contributed by atoms with Gasteiger partial charge in [0.15, 0.2) is 0 Å². The number of benzene rings is 1. The first kappa shape index (κ1) is 17.6. The number of carbonyl (C=O) groups excluding carboxylic acids is 2. The van der Waals surface area contributed by atoms with Crippen LogP contribution in [0.5, 0.6) is 5.75 Å². The van der Waals surface area contributed by atoms with Crippen molar-refractivity contribution in [3.8, 4) is 5.75 Å². The zero-order chi connectivity index (χ0) is 17.0. The minimum atomic E-state index is -0.298. The van der Waals surface area contributed by atoms with Gasteiger partial charge in [-0.15, -0.1) is 0 Å². The Morgan fingerprint density at radius 2 is 1.91 bits per heavy atom. The summed E-state index contributed by atoms with van der Waals surface area (Å²) in [7, 11) is 1.54. The molecule has 0 unspecified atom stereocenters. The Balaban J connectivity index is 1.98. The van der Waals surface area contributed by atoms with E-state index in [1.807, 2.05) is 6.92 Å². The second kappa shape index (κ2) is 7.66. The first-order valence-corrected chi connectivity index (χ1v) is 7.94. The van der Waals surface area contributed by atoms with Crippen LogP contribution in [-0.2, 0) is 9.59 Å². The maximum absolute atomic E-state index is 12.5. The molecule has 2 rings (SSSR count). The van der Waals surface area contributed by atoms with Crippen LogP contribution >= 0.6 is 11.6 Å². The number of nitrogens with zero attached hydrogens (tertiary/aromatic N) is 2. The molecule has 6 nitrogen and oxygen atoms in total. The normalized spacial score (nSPS) is 16.8. The molecule has 1 heterocycles. The number of hydrogen-bond donors (Lipinski definition) is 1. The van der Waals surface area contributed by atoms with Crippen molar-refractivity contribution in [2.75, 3.05) is 38.6 Å². The van der Waals surface area contributed by atoms with Crippen LogP contribution in [0, 0.1) is 0 Å². The van der Waals surface area contributed by atoms with Crippen molar-refractivity contribution in [3.63, 3.8) is 0 Å². The minimum absolute atomic E-state index is 0.0745. The number of methoxy groups -OCH3 is 1. The quantitative estimate of drug-likeness (QED) is 0.909. The number of hydrogen-bond acceptors (Lipinski definition) is 4. The molecule has 1 saturated heterocycles. The number of rotatable bonds is 4. The molecule has 1 aliphatic rings. The van der Waals surface area contributed by atoms with E-state index < -0.39 is 0 Å². The van der Waals surface area contributed by atoms with E-state index >= 15 is 0 Å². The molecule has 2 amide bonds. The fraction of sp³-hybridized carbons (Fsp3) is 0.500. The van der Waals surface area contributed by atoms with Crippen LogP contribution in [0.2, 0.25) is 5.02 Å². The Kier molecular flexibility index (Phi) is 5.85. The number of halogens is 1. The average Bonchev–Trinajstić information content (AvgIpc) is 2.54. The highest BCUT2D eigenvalue weighted by atomic mass is 35.5. The van der Waals surface area contributed by atoms with Gasteiger partial charge in [0.05, 0.1) is 18.8 Å². The fourth-order valence-electron chi connectivity index (χ4n) is 2.60. The maximum Gasteiger partial charge on any atom is 0.241 e. The highest BCUT2D eigenvalue weighted by Crippen LogP contribution is 2.28. The maximum atomic E-state index is 12.5. The SMILES string of the molecule is COc1ccc(Cl)cc1NC(=O)[C@H](C)N1CCN(C(C)=O)CC1. The first-order valence-electron chi connectivity index (χ1n) is 7.56. The third-order valence-electron chi connectivity index (χ3n) is 4.11. The summed E-state index contributed by atoms with van der Waals surface area (Å²) < 4.78 is 5.24. The van der Waals surface area contributed by atoms with Crippen LogP contribution in [0.25, 0.3) is 0 Å². The highest BCUT2D eigenvalue weighted by molar-refractivity contribution is 6.31. The van der Waals surface area contributed by atoms with Crippen molar-refractivity contribution in [3.05, 3.63) is 23.2 Å². The van der Waals surface area contributed by atoms with E-state index in [0.717, 1.165) is 0 Å². The molecule has 1 fully saturated rings. The van der Waals surface area contributed by atoms with Gasteiger partial charge < -0.3 is 15.0 Å². The number of carbonyl (C=O) groups is 2. The lowest BCUT2D eigenvalue weighted by molar-refractivity contribution is -0.131. The van der Waals surface area contributed by atoms with Gasteiger partial charge in [0, 0.05) is 38.1 Å². The van der Waals surface area contributed by atoms with Gasteiger partial charge in [-0.05, 0) is 25.1 Å². The lowest BCUT2D eigenvalue weighted by atomic mass is 10.2. The summed E-state index contributed by atoms with van der Waals surface area (Å²) in [6, 6.07) is 4.79. The summed E-state index contributed by atoms with van der Waals surface area (Å²) in [5.41, 5.74) is 0.555. The molecule has 0 saturated carbocycles. The predicted octanol–water partition coefficient (Wildman–Crippen LogP) is 1.84. The summed E-state index contributed by atoms with van der Waals surface area (Å²) in [4.78, 5) is 27.7. The highest BCUT2D eigenvalue weighted by Gasteiger charge is 2.26. The Morgan fingerprint density at radius 3 is 2.48 bits per heavy atom. The number of ether oxygens (including phenoxy) is 1. The van der Waals surface area contributed by atoms with Gasteiger partial charge in [-0.2, -0.15) is 0 Å². The Labute approximate surface area is 141 Å². The van der Waals surface area contributed by atoms with Gasteiger partial charge in [-0.3, -0.25) is 14.5 Å². The lowest BCUT2D eigenvalue weighted by Gasteiger charge is -2.37. The molecule has 0 aliphatic carbocycles. The second-order valence-electron chi connectivity index (χ2n) is 5.55. The van der Waals surface area contributed by atoms with Gasteiger partial charge in [0.25, 0.3) is 0 Å². The van der Waals surface area contributed by atoms with Gasteiger partial charge >= 0.3 is 0 Å². The van der Waals surface area contributed by atoms with Crippen LogP contribution in [0.15, 0.2) is 18.2 Å². The summed E-state index contributed by atoms with van der Waals surface area (Å²) >= 11 is 5.98. The number of nitrogens with one attached hydrogen (secondary N) is 1. The van der Waals surface area contributed by atoms with E-state index in [2.05, 4.69) is 10.2 Å². The monoisotopic (exact) mass is 339 g/mol. The summed E-state index contributed by atoms with van der Waals surface area (Å²) in [6.45, 7) is 6.08. The topological polar surface area (TPSA) is 61.9 Å². The molecule has 0 bridgehead atoms. The molecule has 7 heteroatoms. The van der Waals surface area contributed by atoms with E-state index in [0.29, 0.717) is 42.6 Å². The molecular formula is C16H22ClN3O3.